The Hall–Kier alpha value is -2.05. The van der Waals surface area contributed by atoms with Gasteiger partial charge in [0.1, 0.15) is 0 Å². The van der Waals surface area contributed by atoms with Crippen LogP contribution in [0, 0.1) is 0 Å². The lowest BCUT2D eigenvalue weighted by molar-refractivity contribution is 0.0746. The van der Waals surface area contributed by atoms with Gasteiger partial charge in [-0.1, -0.05) is 12.1 Å². The number of rotatable bonds is 4. The van der Waals surface area contributed by atoms with E-state index in [-0.39, 0.29) is 5.91 Å². The second-order valence-corrected chi connectivity index (χ2v) is 6.47. The quantitative estimate of drug-likeness (QED) is 0.814. The van der Waals surface area contributed by atoms with Crippen molar-refractivity contribution in [2.24, 2.45) is 0 Å². The van der Waals surface area contributed by atoms with Gasteiger partial charge in [-0.15, -0.1) is 0 Å². The second-order valence-electron chi connectivity index (χ2n) is 5.61. The molecule has 6 heteroatoms. The van der Waals surface area contributed by atoms with Gasteiger partial charge in [-0.2, -0.15) is 0 Å². The number of nitrogens with one attached hydrogen (secondary N) is 1. The van der Waals surface area contributed by atoms with Crippen molar-refractivity contribution in [1.29, 1.82) is 0 Å². The van der Waals surface area contributed by atoms with Crippen molar-refractivity contribution in [2.45, 2.75) is 0 Å². The third-order valence-electron chi connectivity index (χ3n) is 4.12. The molecule has 1 amide bonds. The fourth-order valence-electron chi connectivity index (χ4n) is 2.83. The molecule has 1 N–H and O–H groups in total. The number of carbonyl (C=O) groups is 1. The molecule has 0 spiro atoms. The van der Waals surface area contributed by atoms with Crippen LogP contribution in [0.3, 0.4) is 0 Å². The van der Waals surface area contributed by atoms with Crippen LogP contribution >= 0.6 is 15.9 Å². The van der Waals surface area contributed by atoms with Crippen LogP contribution in [0.4, 0.5) is 11.4 Å². The van der Waals surface area contributed by atoms with Gasteiger partial charge in [-0.25, -0.2) is 0 Å². The molecule has 0 bridgehead atoms. The summed E-state index contributed by atoms with van der Waals surface area (Å²) in [6, 6.07) is 15.7. The average molecular weight is 390 g/mol. The number of anilines is 2. The smallest absolute Gasteiger partial charge is 0.255 e. The molecule has 0 saturated carbocycles. The van der Waals surface area contributed by atoms with Crippen molar-refractivity contribution in [3.63, 3.8) is 0 Å². The first-order valence-electron chi connectivity index (χ1n) is 7.87. The van der Waals surface area contributed by atoms with Crippen LogP contribution in [0.25, 0.3) is 0 Å². The molecule has 0 aromatic heterocycles. The van der Waals surface area contributed by atoms with E-state index in [2.05, 4.69) is 38.4 Å². The number of carbonyl (C=O) groups excluding carboxylic acids is 1. The Morgan fingerprint density at radius 1 is 1.04 bits per heavy atom. The van der Waals surface area contributed by atoms with Gasteiger partial charge in [0.2, 0.25) is 0 Å². The average Bonchev–Trinajstić information content (AvgIpc) is 2.63. The monoisotopic (exact) mass is 389 g/mol. The molecule has 0 unspecified atom stereocenters. The van der Waals surface area contributed by atoms with Crippen LogP contribution in [0.2, 0.25) is 0 Å². The van der Waals surface area contributed by atoms with Crippen molar-refractivity contribution in [3.05, 3.63) is 58.6 Å². The zero-order valence-electron chi connectivity index (χ0n) is 13.5. The van der Waals surface area contributed by atoms with E-state index >= 15 is 0 Å². The maximum absolute atomic E-state index is 12.6. The number of hydrogen-bond acceptors (Lipinski definition) is 4. The van der Waals surface area contributed by atoms with E-state index in [1.165, 1.54) is 0 Å². The Bertz CT molecular complexity index is 698. The molecule has 1 heterocycles. The highest BCUT2D eigenvalue weighted by atomic mass is 79.9. The zero-order chi connectivity index (χ0) is 16.9. The highest BCUT2D eigenvalue weighted by molar-refractivity contribution is 9.10. The van der Waals surface area contributed by atoms with E-state index in [1.807, 2.05) is 41.3 Å². The standard InChI is InChI=1S/C18H20BrN3O2/c1-24-20-14-6-8-15(9-7-14)21-10-12-22(13-11-21)18(23)16-4-2-3-5-17(16)19/h2-9,20H,10-13H2,1H3. The van der Waals surface area contributed by atoms with Gasteiger partial charge in [-0.05, 0) is 52.3 Å². The van der Waals surface area contributed by atoms with Gasteiger partial charge in [0.15, 0.2) is 0 Å². The van der Waals surface area contributed by atoms with E-state index in [4.69, 9.17) is 4.84 Å². The SMILES string of the molecule is CONc1ccc(N2CCN(C(=O)c3ccccc3Br)CC2)cc1. The number of amides is 1. The molecule has 2 aromatic carbocycles. The first kappa shape index (κ1) is 16.8. The van der Waals surface area contributed by atoms with Crippen LogP contribution in [-0.2, 0) is 4.84 Å². The molecule has 0 aliphatic carbocycles. The van der Waals surface area contributed by atoms with Gasteiger partial charge in [0.25, 0.3) is 5.91 Å². The molecular weight excluding hydrogens is 370 g/mol. The molecule has 5 nitrogen and oxygen atoms in total. The fourth-order valence-corrected chi connectivity index (χ4v) is 3.29. The normalized spacial score (nSPS) is 14.6. The molecule has 24 heavy (non-hydrogen) atoms. The maximum atomic E-state index is 12.6. The summed E-state index contributed by atoms with van der Waals surface area (Å²) in [5, 5.41) is 0. The molecule has 1 saturated heterocycles. The van der Waals surface area contributed by atoms with Crippen LogP contribution in [-0.4, -0.2) is 44.1 Å². The highest BCUT2D eigenvalue weighted by Gasteiger charge is 2.23. The van der Waals surface area contributed by atoms with Crippen molar-refractivity contribution in [2.75, 3.05) is 43.7 Å². The summed E-state index contributed by atoms with van der Waals surface area (Å²) in [4.78, 5) is 21.7. The Balaban J connectivity index is 1.61. The first-order valence-corrected chi connectivity index (χ1v) is 8.66. The molecule has 0 atom stereocenters. The molecule has 3 rings (SSSR count). The first-order chi connectivity index (χ1) is 11.7. The molecule has 2 aromatic rings. The molecule has 1 aliphatic heterocycles. The van der Waals surface area contributed by atoms with Gasteiger partial charge in [0.05, 0.1) is 18.4 Å². The maximum Gasteiger partial charge on any atom is 0.255 e. The third kappa shape index (κ3) is 3.71. The predicted octanol–water partition coefficient (Wildman–Crippen LogP) is 3.38. The number of benzene rings is 2. The Kier molecular flexibility index (Phi) is 5.37. The zero-order valence-corrected chi connectivity index (χ0v) is 15.1. The van der Waals surface area contributed by atoms with Crippen molar-refractivity contribution < 1.29 is 9.63 Å². The lowest BCUT2D eigenvalue weighted by Crippen LogP contribution is -2.48. The summed E-state index contributed by atoms with van der Waals surface area (Å²) < 4.78 is 0.846. The van der Waals surface area contributed by atoms with E-state index in [0.717, 1.165) is 47.6 Å². The predicted molar refractivity (Wildman–Crippen MR) is 99.3 cm³/mol. The number of nitrogens with zero attached hydrogens (tertiary/aromatic N) is 2. The summed E-state index contributed by atoms with van der Waals surface area (Å²) in [5.74, 6) is 0.0850. The van der Waals surface area contributed by atoms with Gasteiger partial charge in [-0.3, -0.25) is 15.1 Å². The minimum Gasteiger partial charge on any atom is -0.368 e. The van der Waals surface area contributed by atoms with Gasteiger partial charge < -0.3 is 9.80 Å². The second kappa shape index (κ2) is 7.68. The van der Waals surface area contributed by atoms with Gasteiger partial charge >= 0.3 is 0 Å². The summed E-state index contributed by atoms with van der Waals surface area (Å²) in [6.45, 7) is 3.09. The summed E-state index contributed by atoms with van der Waals surface area (Å²) in [7, 11) is 1.59. The summed E-state index contributed by atoms with van der Waals surface area (Å²) in [6.07, 6.45) is 0. The van der Waals surface area contributed by atoms with Crippen LogP contribution in [0.15, 0.2) is 53.0 Å². The topological polar surface area (TPSA) is 44.8 Å². The molecular formula is C18H20BrN3O2. The van der Waals surface area contributed by atoms with Crippen molar-refractivity contribution >= 4 is 33.2 Å². The van der Waals surface area contributed by atoms with Crippen LogP contribution in [0.5, 0.6) is 0 Å². The lowest BCUT2D eigenvalue weighted by Gasteiger charge is -2.36. The van der Waals surface area contributed by atoms with E-state index in [0.29, 0.717) is 0 Å². The number of halogens is 1. The van der Waals surface area contributed by atoms with E-state index in [1.54, 1.807) is 7.11 Å². The third-order valence-corrected chi connectivity index (χ3v) is 4.82. The van der Waals surface area contributed by atoms with E-state index < -0.39 is 0 Å². The van der Waals surface area contributed by atoms with Crippen LogP contribution in [0.1, 0.15) is 10.4 Å². The minimum atomic E-state index is 0.0850. The largest absolute Gasteiger partial charge is 0.368 e. The van der Waals surface area contributed by atoms with Crippen molar-refractivity contribution in [1.82, 2.24) is 4.90 Å². The number of hydrogen-bond donors (Lipinski definition) is 1. The Morgan fingerprint density at radius 2 is 1.71 bits per heavy atom. The van der Waals surface area contributed by atoms with Gasteiger partial charge in [0, 0.05) is 36.3 Å². The molecule has 126 valence electrons. The molecule has 0 radical (unpaired) electrons. The van der Waals surface area contributed by atoms with E-state index in [9.17, 15) is 4.79 Å². The minimum absolute atomic E-state index is 0.0850. The fraction of sp³-hybridized carbons (Fsp3) is 0.278. The summed E-state index contributed by atoms with van der Waals surface area (Å²) >= 11 is 3.46. The Labute approximate surface area is 150 Å². The Morgan fingerprint density at radius 3 is 2.33 bits per heavy atom. The summed E-state index contributed by atoms with van der Waals surface area (Å²) in [5.41, 5.74) is 5.61. The van der Waals surface area contributed by atoms with Crippen LogP contribution < -0.4 is 10.4 Å². The molecule has 1 fully saturated rings. The number of piperazine rings is 1. The highest BCUT2D eigenvalue weighted by Crippen LogP contribution is 2.22. The lowest BCUT2D eigenvalue weighted by atomic mass is 10.1. The van der Waals surface area contributed by atoms with Crippen molar-refractivity contribution in [3.8, 4) is 0 Å². The molecule has 1 aliphatic rings.